The molecule has 0 unspecified atom stereocenters. The van der Waals surface area contributed by atoms with Gasteiger partial charge in [-0.25, -0.2) is 8.42 Å². The van der Waals surface area contributed by atoms with E-state index in [0.717, 1.165) is 15.3 Å². The number of hydrogen-bond acceptors (Lipinski definition) is 4. The summed E-state index contributed by atoms with van der Waals surface area (Å²) in [6.45, 7) is 4.33. The minimum Gasteiger partial charge on any atom is -0.315 e. The van der Waals surface area contributed by atoms with E-state index < -0.39 is 10.0 Å². The summed E-state index contributed by atoms with van der Waals surface area (Å²) in [6.07, 6.45) is 0. The molecule has 0 bridgehead atoms. The van der Waals surface area contributed by atoms with Crippen molar-refractivity contribution < 1.29 is 8.42 Å². The van der Waals surface area contributed by atoms with Crippen molar-refractivity contribution >= 4 is 38.6 Å². The maximum atomic E-state index is 12.5. The van der Waals surface area contributed by atoms with E-state index in [1.807, 2.05) is 20.0 Å². The minimum absolute atomic E-state index is 0.301. The van der Waals surface area contributed by atoms with Gasteiger partial charge in [-0.1, -0.05) is 17.7 Å². The zero-order chi connectivity index (χ0) is 15.6. The normalized spacial score (nSPS) is 11.6. The van der Waals surface area contributed by atoms with E-state index in [9.17, 15) is 8.42 Å². The monoisotopic (exact) mass is 344 g/mol. The van der Waals surface area contributed by atoms with E-state index in [-0.39, 0.29) is 0 Å². The van der Waals surface area contributed by atoms with E-state index >= 15 is 0 Å². The van der Waals surface area contributed by atoms with Crippen LogP contribution >= 0.6 is 22.9 Å². The van der Waals surface area contributed by atoms with Crippen LogP contribution in [0.5, 0.6) is 0 Å². The summed E-state index contributed by atoms with van der Waals surface area (Å²) >= 11 is 7.52. The quantitative estimate of drug-likeness (QED) is 0.872. The predicted octanol–water partition coefficient (Wildman–Crippen LogP) is 3.54. The number of sulfonamides is 1. The van der Waals surface area contributed by atoms with Gasteiger partial charge in [0.15, 0.2) is 0 Å². The third kappa shape index (κ3) is 3.77. The second-order valence-corrected chi connectivity index (χ2v) is 8.15. The highest BCUT2D eigenvalue weighted by atomic mass is 35.5. The predicted molar refractivity (Wildman–Crippen MR) is 88.8 cm³/mol. The molecule has 0 aliphatic heterocycles. The lowest BCUT2D eigenvalue weighted by atomic mass is 10.2. The van der Waals surface area contributed by atoms with Crippen molar-refractivity contribution in [2.45, 2.75) is 25.3 Å². The van der Waals surface area contributed by atoms with Gasteiger partial charge in [0.25, 0.3) is 10.0 Å². The van der Waals surface area contributed by atoms with Gasteiger partial charge in [0.2, 0.25) is 0 Å². The molecule has 0 saturated carbocycles. The molecule has 2 rings (SSSR count). The third-order valence-corrected chi connectivity index (χ3v) is 5.93. The standard InChI is InChI=1S/C14H17ClN2O2S2/c1-9-4-5-12(15)13(6-9)17-21(18,19)14-7-11(8-16-3)20-10(14)2/h4-7,16-17H,8H2,1-3H3. The molecule has 4 nitrogen and oxygen atoms in total. The molecule has 0 atom stereocenters. The van der Waals surface area contributed by atoms with Crippen molar-refractivity contribution in [2.24, 2.45) is 0 Å². The molecule has 0 saturated heterocycles. The Hall–Kier alpha value is -1.08. The number of nitrogens with one attached hydrogen (secondary N) is 2. The van der Waals surface area contributed by atoms with Gasteiger partial charge in [-0.15, -0.1) is 11.3 Å². The van der Waals surface area contributed by atoms with Crippen LogP contribution in [0.15, 0.2) is 29.2 Å². The average Bonchev–Trinajstić information content (AvgIpc) is 2.76. The Balaban J connectivity index is 2.36. The van der Waals surface area contributed by atoms with E-state index in [0.29, 0.717) is 22.2 Å². The van der Waals surface area contributed by atoms with Gasteiger partial charge in [-0.3, -0.25) is 4.72 Å². The first-order valence-electron chi connectivity index (χ1n) is 6.36. The van der Waals surface area contributed by atoms with Crippen LogP contribution in [0.3, 0.4) is 0 Å². The van der Waals surface area contributed by atoms with Crippen LogP contribution in [0.25, 0.3) is 0 Å². The Morgan fingerprint density at radius 2 is 1.95 bits per heavy atom. The van der Waals surface area contributed by atoms with E-state index in [4.69, 9.17) is 11.6 Å². The Kier molecular flexibility index (Phi) is 4.93. The van der Waals surface area contributed by atoms with Crippen LogP contribution in [0.4, 0.5) is 5.69 Å². The third-order valence-electron chi connectivity index (χ3n) is 2.93. The van der Waals surface area contributed by atoms with Gasteiger partial charge < -0.3 is 5.32 Å². The van der Waals surface area contributed by atoms with Crippen LogP contribution < -0.4 is 10.0 Å². The molecule has 1 aromatic carbocycles. The fourth-order valence-electron chi connectivity index (χ4n) is 1.97. The summed E-state index contributed by atoms with van der Waals surface area (Å²) in [4.78, 5) is 2.04. The fraction of sp³-hybridized carbons (Fsp3) is 0.286. The number of aryl methyl sites for hydroxylation is 2. The van der Waals surface area contributed by atoms with E-state index in [1.165, 1.54) is 11.3 Å². The van der Waals surface area contributed by atoms with E-state index in [1.54, 1.807) is 25.1 Å². The van der Waals surface area contributed by atoms with Gasteiger partial charge in [0, 0.05) is 16.3 Å². The van der Waals surface area contributed by atoms with Gasteiger partial charge in [-0.2, -0.15) is 0 Å². The molecule has 0 radical (unpaired) electrons. The molecule has 114 valence electrons. The topological polar surface area (TPSA) is 58.2 Å². The van der Waals surface area contributed by atoms with Gasteiger partial charge in [0.05, 0.1) is 10.7 Å². The molecule has 1 aromatic heterocycles. The molecule has 2 aromatic rings. The molecule has 7 heteroatoms. The van der Waals surface area contributed by atoms with Crippen molar-refractivity contribution in [1.82, 2.24) is 5.32 Å². The number of halogens is 1. The van der Waals surface area contributed by atoms with Crippen LogP contribution in [0.2, 0.25) is 5.02 Å². The van der Waals surface area contributed by atoms with Crippen LogP contribution in [-0.2, 0) is 16.6 Å². The molecule has 0 aliphatic rings. The molecule has 1 heterocycles. The van der Waals surface area contributed by atoms with Crippen molar-refractivity contribution in [3.8, 4) is 0 Å². The van der Waals surface area contributed by atoms with Gasteiger partial charge in [0.1, 0.15) is 4.90 Å². The minimum atomic E-state index is -3.63. The largest absolute Gasteiger partial charge is 0.315 e. The molecule has 0 amide bonds. The highest BCUT2D eigenvalue weighted by molar-refractivity contribution is 7.93. The van der Waals surface area contributed by atoms with E-state index in [2.05, 4.69) is 10.0 Å². The first kappa shape index (κ1) is 16.3. The highest BCUT2D eigenvalue weighted by Crippen LogP contribution is 2.30. The summed E-state index contributed by atoms with van der Waals surface area (Å²) in [5.74, 6) is 0. The second kappa shape index (κ2) is 6.36. The molecular formula is C14H17ClN2O2S2. The SMILES string of the molecule is CNCc1cc(S(=O)(=O)Nc2cc(C)ccc2Cl)c(C)s1. The number of benzene rings is 1. The lowest BCUT2D eigenvalue weighted by Gasteiger charge is -2.10. The van der Waals surface area contributed by atoms with Crippen molar-refractivity contribution in [3.63, 3.8) is 0 Å². The molecular weight excluding hydrogens is 328 g/mol. The van der Waals surface area contributed by atoms with Crippen molar-refractivity contribution in [2.75, 3.05) is 11.8 Å². The van der Waals surface area contributed by atoms with Crippen LogP contribution in [-0.4, -0.2) is 15.5 Å². The number of hydrogen-bond donors (Lipinski definition) is 2. The maximum Gasteiger partial charge on any atom is 0.263 e. The van der Waals surface area contributed by atoms with Gasteiger partial charge >= 0.3 is 0 Å². The highest BCUT2D eigenvalue weighted by Gasteiger charge is 2.21. The van der Waals surface area contributed by atoms with Crippen LogP contribution in [0.1, 0.15) is 15.3 Å². The summed E-state index contributed by atoms with van der Waals surface area (Å²) in [5, 5.41) is 3.40. The zero-order valence-corrected chi connectivity index (χ0v) is 14.4. The fourth-order valence-corrected chi connectivity index (χ4v) is 4.91. The number of thiophene rings is 1. The average molecular weight is 345 g/mol. The molecule has 0 fully saturated rings. The van der Waals surface area contributed by atoms with Crippen LogP contribution in [0, 0.1) is 13.8 Å². The lowest BCUT2D eigenvalue weighted by molar-refractivity contribution is 0.601. The lowest BCUT2D eigenvalue weighted by Crippen LogP contribution is -2.13. The Morgan fingerprint density at radius 1 is 1.24 bits per heavy atom. The number of rotatable bonds is 5. The summed E-state index contributed by atoms with van der Waals surface area (Å²) in [5.41, 5.74) is 1.34. The zero-order valence-electron chi connectivity index (χ0n) is 12.0. The summed E-state index contributed by atoms with van der Waals surface area (Å²) < 4.78 is 27.6. The number of anilines is 1. The smallest absolute Gasteiger partial charge is 0.263 e. The molecule has 0 aliphatic carbocycles. The second-order valence-electron chi connectivity index (χ2n) is 4.75. The Labute approximate surface area is 134 Å². The first-order valence-corrected chi connectivity index (χ1v) is 9.04. The maximum absolute atomic E-state index is 12.5. The Morgan fingerprint density at radius 3 is 2.62 bits per heavy atom. The summed E-state index contributed by atoms with van der Waals surface area (Å²) in [6, 6.07) is 6.93. The molecule has 2 N–H and O–H groups in total. The summed E-state index contributed by atoms with van der Waals surface area (Å²) in [7, 11) is -1.81. The first-order chi connectivity index (χ1) is 9.83. The van der Waals surface area contributed by atoms with Gasteiger partial charge in [-0.05, 0) is 44.7 Å². The van der Waals surface area contributed by atoms with Crippen molar-refractivity contribution in [1.29, 1.82) is 0 Å². The molecule has 21 heavy (non-hydrogen) atoms. The molecule has 0 spiro atoms. The van der Waals surface area contributed by atoms with Crippen molar-refractivity contribution in [3.05, 3.63) is 44.6 Å². The Bertz CT molecular complexity index is 754.